The summed E-state index contributed by atoms with van der Waals surface area (Å²) in [6.07, 6.45) is 1.02. The molecule has 0 heterocycles. The van der Waals surface area contributed by atoms with Crippen LogP contribution >= 0.6 is 11.6 Å². The number of Topliss-reactive ketones (excluding diaryl/α,β-unsaturated/α-hetero) is 1. The molecular formula is C17H16ClNO6S. The Labute approximate surface area is 155 Å². The highest BCUT2D eigenvalue weighted by Gasteiger charge is 2.17. The number of ketones is 1. The minimum absolute atomic E-state index is 0.112. The molecule has 26 heavy (non-hydrogen) atoms. The van der Waals surface area contributed by atoms with Crippen molar-refractivity contribution in [2.45, 2.75) is 0 Å². The third-order valence-corrected chi connectivity index (χ3v) is 4.07. The molecule has 0 spiro atoms. The Bertz CT molecular complexity index is 925. The molecule has 0 aliphatic heterocycles. The second-order valence-electron chi connectivity index (χ2n) is 5.30. The van der Waals surface area contributed by atoms with E-state index in [9.17, 15) is 18.0 Å². The standard InChI is InChI=1S/C17H16ClNO6S/c1-24-16-8-5-12(18)9-14(16)17(21)25-10-15(20)11-3-6-13(7-4-11)19-26(2,22)23/h3-9,19H,10H2,1-2H3. The van der Waals surface area contributed by atoms with Crippen LogP contribution in [-0.2, 0) is 14.8 Å². The number of rotatable bonds is 7. The van der Waals surface area contributed by atoms with Gasteiger partial charge >= 0.3 is 5.97 Å². The number of carbonyl (C=O) groups excluding carboxylic acids is 2. The van der Waals surface area contributed by atoms with Gasteiger partial charge in [0.05, 0.1) is 13.4 Å². The van der Waals surface area contributed by atoms with Gasteiger partial charge in [-0.15, -0.1) is 0 Å². The summed E-state index contributed by atoms with van der Waals surface area (Å²) >= 11 is 5.86. The lowest BCUT2D eigenvalue weighted by Gasteiger charge is -2.09. The molecule has 2 aromatic carbocycles. The maximum Gasteiger partial charge on any atom is 0.342 e. The van der Waals surface area contributed by atoms with Crippen LogP contribution in [0.1, 0.15) is 20.7 Å². The van der Waals surface area contributed by atoms with E-state index in [2.05, 4.69) is 4.72 Å². The van der Waals surface area contributed by atoms with Crippen molar-refractivity contribution in [2.24, 2.45) is 0 Å². The topological polar surface area (TPSA) is 98.8 Å². The SMILES string of the molecule is COc1ccc(Cl)cc1C(=O)OCC(=O)c1ccc(NS(C)(=O)=O)cc1. The zero-order chi connectivity index (χ0) is 19.3. The number of ether oxygens (including phenoxy) is 2. The zero-order valence-corrected chi connectivity index (χ0v) is 15.6. The van der Waals surface area contributed by atoms with Crippen molar-refractivity contribution in [1.82, 2.24) is 0 Å². The molecule has 9 heteroatoms. The van der Waals surface area contributed by atoms with Gasteiger partial charge in [-0.1, -0.05) is 11.6 Å². The lowest BCUT2D eigenvalue weighted by atomic mass is 10.1. The van der Waals surface area contributed by atoms with Gasteiger partial charge in [-0.2, -0.15) is 0 Å². The second-order valence-corrected chi connectivity index (χ2v) is 7.48. The van der Waals surface area contributed by atoms with Crippen LogP contribution in [-0.4, -0.2) is 40.1 Å². The van der Waals surface area contributed by atoms with Crippen LogP contribution in [0.4, 0.5) is 5.69 Å². The average molecular weight is 398 g/mol. The van der Waals surface area contributed by atoms with E-state index in [1.807, 2.05) is 0 Å². The summed E-state index contributed by atoms with van der Waals surface area (Å²) < 4.78 is 34.7. The predicted octanol–water partition coefficient (Wildman–Crippen LogP) is 2.76. The van der Waals surface area contributed by atoms with Gasteiger partial charge in [0.2, 0.25) is 10.0 Å². The Hall–Kier alpha value is -2.58. The minimum atomic E-state index is -3.40. The van der Waals surface area contributed by atoms with Crippen LogP contribution in [0.15, 0.2) is 42.5 Å². The minimum Gasteiger partial charge on any atom is -0.496 e. The maximum atomic E-state index is 12.1. The maximum absolute atomic E-state index is 12.1. The van der Waals surface area contributed by atoms with Gasteiger partial charge in [0.15, 0.2) is 12.4 Å². The Morgan fingerprint density at radius 1 is 1.12 bits per heavy atom. The normalized spacial score (nSPS) is 10.9. The van der Waals surface area contributed by atoms with Gasteiger partial charge in [-0.3, -0.25) is 9.52 Å². The van der Waals surface area contributed by atoms with E-state index < -0.39 is 28.4 Å². The Morgan fingerprint density at radius 3 is 2.35 bits per heavy atom. The summed E-state index contributed by atoms with van der Waals surface area (Å²) in [5.74, 6) is -0.902. The monoisotopic (exact) mass is 397 g/mol. The highest BCUT2D eigenvalue weighted by molar-refractivity contribution is 7.92. The quantitative estimate of drug-likeness (QED) is 0.569. The molecule has 0 amide bonds. The number of hydrogen-bond acceptors (Lipinski definition) is 6. The summed E-state index contributed by atoms with van der Waals surface area (Å²) in [4.78, 5) is 24.3. The zero-order valence-electron chi connectivity index (χ0n) is 14.0. The predicted molar refractivity (Wildman–Crippen MR) is 97.5 cm³/mol. The van der Waals surface area contributed by atoms with Gasteiger partial charge < -0.3 is 9.47 Å². The number of halogens is 1. The van der Waals surface area contributed by atoms with Crippen molar-refractivity contribution in [3.8, 4) is 5.75 Å². The number of hydrogen-bond donors (Lipinski definition) is 1. The summed E-state index contributed by atoms with van der Waals surface area (Å²) in [6.45, 7) is -0.479. The van der Waals surface area contributed by atoms with Crippen molar-refractivity contribution >= 4 is 39.1 Å². The van der Waals surface area contributed by atoms with E-state index in [0.717, 1.165) is 6.26 Å². The fourth-order valence-corrected chi connectivity index (χ4v) is 2.81. The van der Waals surface area contributed by atoms with E-state index in [0.29, 0.717) is 10.7 Å². The number of benzene rings is 2. The first kappa shape index (κ1) is 19.7. The molecule has 0 unspecified atom stereocenters. The van der Waals surface area contributed by atoms with E-state index in [1.54, 1.807) is 6.07 Å². The molecule has 7 nitrogen and oxygen atoms in total. The molecule has 0 fully saturated rings. The molecule has 0 aromatic heterocycles. The highest BCUT2D eigenvalue weighted by Crippen LogP contribution is 2.23. The average Bonchev–Trinajstić information content (AvgIpc) is 2.58. The fourth-order valence-electron chi connectivity index (χ4n) is 2.07. The molecule has 0 radical (unpaired) electrons. The molecular weight excluding hydrogens is 382 g/mol. The number of anilines is 1. The third-order valence-electron chi connectivity index (χ3n) is 3.23. The second kappa shape index (κ2) is 8.20. The van der Waals surface area contributed by atoms with Crippen LogP contribution in [0.2, 0.25) is 5.02 Å². The van der Waals surface area contributed by atoms with Crippen molar-refractivity contribution in [3.63, 3.8) is 0 Å². The number of sulfonamides is 1. The van der Waals surface area contributed by atoms with Crippen LogP contribution < -0.4 is 9.46 Å². The van der Waals surface area contributed by atoms with Crippen LogP contribution in [0.3, 0.4) is 0 Å². The number of nitrogens with one attached hydrogen (secondary N) is 1. The fraction of sp³-hybridized carbons (Fsp3) is 0.176. The number of methoxy groups -OCH3 is 1. The molecule has 2 aromatic rings. The molecule has 2 rings (SSSR count). The van der Waals surface area contributed by atoms with Crippen LogP contribution in [0, 0.1) is 0 Å². The number of carbonyl (C=O) groups is 2. The summed E-state index contributed by atoms with van der Waals surface area (Å²) in [6, 6.07) is 10.2. The largest absolute Gasteiger partial charge is 0.496 e. The van der Waals surface area contributed by atoms with Crippen LogP contribution in [0.25, 0.3) is 0 Å². The number of esters is 1. The van der Waals surface area contributed by atoms with Gasteiger partial charge in [-0.05, 0) is 42.5 Å². The molecule has 138 valence electrons. The van der Waals surface area contributed by atoms with E-state index in [1.165, 1.54) is 43.5 Å². The molecule has 0 atom stereocenters. The van der Waals surface area contributed by atoms with E-state index >= 15 is 0 Å². The Balaban J connectivity index is 2.02. The first-order valence-electron chi connectivity index (χ1n) is 7.31. The molecule has 0 saturated carbocycles. The molecule has 0 bridgehead atoms. The summed E-state index contributed by atoms with van der Waals surface area (Å²) in [7, 11) is -2.00. The first-order valence-corrected chi connectivity index (χ1v) is 9.58. The lowest BCUT2D eigenvalue weighted by molar-refractivity contribution is 0.0471. The summed E-state index contributed by atoms with van der Waals surface area (Å²) in [5.41, 5.74) is 0.708. The summed E-state index contributed by atoms with van der Waals surface area (Å²) in [5, 5.41) is 0.332. The van der Waals surface area contributed by atoms with E-state index in [-0.39, 0.29) is 16.9 Å². The van der Waals surface area contributed by atoms with Crippen molar-refractivity contribution < 1.29 is 27.5 Å². The van der Waals surface area contributed by atoms with Crippen molar-refractivity contribution in [1.29, 1.82) is 0 Å². The van der Waals surface area contributed by atoms with Gasteiger partial charge in [0.1, 0.15) is 11.3 Å². The Kier molecular flexibility index (Phi) is 6.23. The lowest BCUT2D eigenvalue weighted by Crippen LogP contribution is -2.15. The highest BCUT2D eigenvalue weighted by atomic mass is 35.5. The first-order chi connectivity index (χ1) is 12.2. The van der Waals surface area contributed by atoms with Gasteiger partial charge in [0, 0.05) is 16.3 Å². The molecule has 1 N–H and O–H groups in total. The molecule has 0 saturated heterocycles. The molecule has 0 aliphatic carbocycles. The van der Waals surface area contributed by atoms with Crippen molar-refractivity contribution in [2.75, 3.05) is 24.7 Å². The van der Waals surface area contributed by atoms with Gasteiger partial charge in [0.25, 0.3) is 0 Å². The van der Waals surface area contributed by atoms with Gasteiger partial charge in [-0.25, -0.2) is 13.2 Å². The van der Waals surface area contributed by atoms with Crippen molar-refractivity contribution in [3.05, 3.63) is 58.6 Å². The smallest absolute Gasteiger partial charge is 0.342 e. The van der Waals surface area contributed by atoms with E-state index in [4.69, 9.17) is 21.1 Å². The van der Waals surface area contributed by atoms with Crippen LogP contribution in [0.5, 0.6) is 5.75 Å². The Morgan fingerprint density at radius 2 is 1.77 bits per heavy atom. The third kappa shape index (κ3) is 5.47. The molecule has 0 aliphatic rings.